The third-order valence-electron chi connectivity index (χ3n) is 21.5. The maximum Gasteiger partial charge on any atom is 0.270 e. The van der Waals surface area contributed by atoms with Crippen molar-refractivity contribution in [2.75, 3.05) is 101 Å². The van der Waals surface area contributed by atoms with Gasteiger partial charge in [-0.25, -0.2) is 24.9 Å². The van der Waals surface area contributed by atoms with Crippen molar-refractivity contribution in [3.8, 4) is 63.6 Å². The summed E-state index contributed by atoms with van der Waals surface area (Å²) in [7, 11) is 19.7. The molecule has 0 amide bonds. The van der Waals surface area contributed by atoms with E-state index in [1.54, 1.807) is 203 Å². The Bertz CT molecular complexity index is 7430. The molecule has 40 nitrogen and oxygen atoms in total. The molecule has 720 valence electrons. The van der Waals surface area contributed by atoms with E-state index in [-0.39, 0.29) is 39.6 Å². The van der Waals surface area contributed by atoms with E-state index >= 15 is 0 Å². The summed E-state index contributed by atoms with van der Waals surface area (Å²) < 4.78 is 55.4. The van der Waals surface area contributed by atoms with Crippen LogP contribution in [0, 0.1) is 77.4 Å². The largest absolute Gasteiger partial charge is 0.497 e. The third kappa shape index (κ3) is 26.5. The fourth-order valence-electron chi connectivity index (χ4n) is 14.3. The van der Waals surface area contributed by atoms with Crippen LogP contribution in [0.15, 0.2) is 273 Å². The van der Waals surface area contributed by atoms with E-state index in [1.807, 2.05) is 99.0 Å². The summed E-state index contributed by atoms with van der Waals surface area (Å²) in [5.41, 5.74) is 11.5. The van der Waals surface area contributed by atoms with Gasteiger partial charge in [0, 0.05) is 234 Å². The molecule has 141 heavy (non-hydrogen) atoms. The smallest absolute Gasteiger partial charge is 0.270 e. The lowest BCUT2D eigenvalue weighted by atomic mass is 10.1. The predicted molar refractivity (Wildman–Crippen MR) is 534 cm³/mol. The molecule has 16 aromatic rings. The normalized spacial score (nSPS) is 10.6. The van der Waals surface area contributed by atoms with Crippen LogP contribution >= 0.6 is 0 Å². The molecule has 0 bridgehead atoms. The van der Waals surface area contributed by atoms with Crippen LogP contribution in [0.1, 0.15) is 38.9 Å². The fraction of sp³-hybridized carbons (Fsp3) is 0.158. The molecule has 11 aromatic carbocycles. The zero-order valence-electron chi connectivity index (χ0n) is 78.2. The highest BCUT2D eigenvalue weighted by atomic mass is 16.6. The molecule has 0 radical (unpaired) electrons. The minimum absolute atomic E-state index is 0.0153. The minimum atomic E-state index is -0.478. The first-order valence-corrected chi connectivity index (χ1v) is 42.3. The first-order chi connectivity index (χ1) is 68.0. The molecule has 0 atom stereocenters. The number of rotatable bonds is 30. The van der Waals surface area contributed by atoms with Crippen molar-refractivity contribution in [3.05, 3.63) is 373 Å². The number of pyridine rings is 5. The van der Waals surface area contributed by atoms with Gasteiger partial charge in [-0.2, -0.15) is 5.26 Å². The van der Waals surface area contributed by atoms with Crippen molar-refractivity contribution in [2.45, 2.75) is 26.2 Å². The quantitative estimate of drug-likeness (QED) is 0.0214. The molecule has 0 saturated carbocycles. The molecule has 0 aliphatic carbocycles. The number of non-ortho nitro benzene ring substituents is 6. The maximum absolute atomic E-state index is 11.3. The molecule has 4 N–H and O–H groups in total. The number of aromatic nitrogens is 5. The number of anilines is 3. The zero-order chi connectivity index (χ0) is 102. The maximum atomic E-state index is 11.3. The average Bonchev–Trinajstić information content (AvgIpc) is 0.796. The molecule has 16 rings (SSSR count). The Morgan fingerprint density at radius 3 is 1.26 bits per heavy atom. The van der Waals surface area contributed by atoms with Crippen molar-refractivity contribution < 1.29 is 76.9 Å². The number of nitro groups is 6. The van der Waals surface area contributed by atoms with Crippen LogP contribution < -0.4 is 68.8 Å². The van der Waals surface area contributed by atoms with E-state index in [0.29, 0.717) is 128 Å². The molecule has 40 heteroatoms. The lowest BCUT2D eigenvalue weighted by Crippen LogP contribution is -2.24. The van der Waals surface area contributed by atoms with Crippen LogP contribution in [-0.4, -0.2) is 150 Å². The van der Waals surface area contributed by atoms with Gasteiger partial charge >= 0.3 is 0 Å². The summed E-state index contributed by atoms with van der Waals surface area (Å²) in [5.74, 6) is 9.05. The fourth-order valence-corrected chi connectivity index (χ4v) is 14.3. The van der Waals surface area contributed by atoms with Gasteiger partial charge in [-0.05, 0) is 167 Å². The molecule has 5 aromatic heterocycles. The lowest BCUT2D eigenvalue weighted by Gasteiger charge is -2.27. The van der Waals surface area contributed by atoms with Crippen LogP contribution in [0.3, 0.4) is 0 Å². The van der Waals surface area contributed by atoms with Gasteiger partial charge in [-0.1, -0.05) is 0 Å². The van der Waals surface area contributed by atoms with Crippen molar-refractivity contribution in [2.24, 2.45) is 4.99 Å². The molecule has 0 aliphatic rings. The number of hydrogen-bond donors (Lipinski definition) is 3. The number of ether oxygens (including phenoxy) is 10. The molecular weight excluding hydrogens is 1820 g/mol. The Hall–Kier alpha value is -19.2. The van der Waals surface area contributed by atoms with Crippen LogP contribution in [0.5, 0.6) is 57.5 Å². The molecule has 0 unspecified atom stereocenters. The van der Waals surface area contributed by atoms with Gasteiger partial charge in [0.25, 0.3) is 34.1 Å². The van der Waals surface area contributed by atoms with E-state index in [2.05, 4.69) is 35.1 Å². The average molecular weight is 1910 g/mol. The topological polar surface area (TPSA) is 512 Å². The van der Waals surface area contributed by atoms with Crippen molar-refractivity contribution in [1.82, 2.24) is 29.4 Å². The molecule has 5 heterocycles. The predicted octanol–water partition coefficient (Wildman–Crippen LogP) is 19.9. The van der Waals surface area contributed by atoms with E-state index in [9.17, 15) is 60.7 Å². The third-order valence-corrected chi connectivity index (χ3v) is 21.5. The Morgan fingerprint density at radius 1 is 0.404 bits per heavy atom. The second-order valence-corrected chi connectivity index (χ2v) is 30.3. The van der Waals surface area contributed by atoms with E-state index in [0.717, 1.165) is 71.3 Å². The summed E-state index contributed by atoms with van der Waals surface area (Å²) in [5, 5.41) is 92.9. The second kappa shape index (κ2) is 48.6. The monoisotopic (exact) mass is 1910 g/mol. The molecule has 0 fully saturated rings. The van der Waals surface area contributed by atoms with Crippen molar-refractivity contribution in [1.29, 1.82) is 10.7 Å². The number of hydrogen-bond acceptors (Lipinski definition) is 33. The SMILES string of the molecule is CN(C)/C=C/c1cc([N+](=O)[O-])ccc1C#N.COc1ccc(C=Nc2nccc3cc([N+](=O)[O-])ccc23)c(OC)c1.COc1ccc(CN(Cc2ccc(OC)cc2OC)c2nccc3cc([N+](=O)[O-])ccc23)c(OC)c1.COc1ccc(CNc2nccc3cc([N+](=O)[O-])ccc23)c(OC)c1.COc1ccc(Cn2ccc3cc([N+](=O)[O-])ccc3c2=N)c(OC)c1.Nc1nccc2cc([N+](=O)[O-])ccc12. The van der Waals surface area contributed by atoms with Crippen LogP contribution in [0.25, 0.3) is 59.9 Å². The number of nitro benzene ring substituents is 6. The van der Waals surface area contributed by atoms with Crippen LogP contribution in [-0.2, 0) is 26.2 Å². The molecule has 0 aliphatic heterocycles. The highest BCUT2D eigenvalue weighted by Gasteiger charge is 2.23. The lowest BCUT2D eigenvalue weighted by molar-refractivity contribution is -0.385. The second-order valence-electron chi connectivity index (χ2n) is 30.3. The summed E-state index contributed by atoms with van der Waals surface area (Å²) in [6, 6.07) is 65.8. The number of nitrogen functional groups attached to an aromatic ring is 1. The summed E-state index contributed by atoms with van der Waals surface area (Å²) in [6.45, 7) is 1.84. The van der Waals surface area contributed by atoms with Gasteiger partial charge in [0.05, 0.1) is 119 Å². The summed E-state index contributed by atoms with van der Waals surface area (Å²) >= 11 is 0. The first kappa shape index (κ1) is 102. The summed E-state index contributed by atoms with van der Waals surface area (Å²) in [4.78, 5) is 88.0. The number of nitrogens with one attached hydrogen (secondary N) is 2. The number of methoxy groups -OCH3 is 10. The van der Waals surface area contributed by atoms with Crippen LogP contribution in [0.2, 0.25) is 0 Å². The van der Waals surface area contributed by atoms with Gasteiger partial charge in [-0.15, -0.1) is 0 Å². The minimum Gasteiger partial charge on any atom is -0.497 e. The van der Waals surface area contributed by atoms with E-state index in [4.69, 9.17) is 63.8 Å². The van der Waals surface area contributed by atoms with E-state index < -0.39 is 29.5 Å². The summed E-state index contributed by atoms with van der Waals surface area (Å²) in [6.07, 6.45) is 13.2. The van der Waals surface area contributed by atoms with Crippen molar-refractivity contribution in [3.63, 3.8) is 0 Å². The molecule has 0 saturated heterocycles. The number of benzene rings is 11. The van der Waals surface area contributed by atoms with Gasteiger partial charge in [0.15, 0.2) is 5.82 Å². The van der Waals surface area contributed by atoms with Gasteiger partial charge in [0.1, 0.15) is 80.4 Å². The number of nitrogens with zero attached hydrogens (tertiary/aromatic N) is 15. The number of aliphatic imine (C=N–C) groups is 1. The standard InChI is InChI=1S/C27H27N3O6.2C18H17N3O4.C18H15N3O4.C11H11N3O2.C9H7N3O2/c1-33-22-8-5-19(25(14-22)35-3)16-29(17-20-6-9-23(34-2)15-26(20)36-4)27-24-10-7-21(30(31)32)13-18(24)11-12-28-27;1-24-15-5-3-13(17(10-15)25-2)11-20-8-7-12-9-14(21(22)23)4-6-16(12)18(20)19;2*1-24-15-5-3-13(17(10-15)25-2)11-20-18-16-6-4-14(21(22)23)9-12(16)7-8-19-18;1-13(2)6-5-9-7-11(14(15)16)4-3-10(9)8-12;10-9-8-2-1-7(12(13)14)5-6(8)3-4-11-9/h5-15H,16-17H2,1-4H3;3-10,19H,11H2,1-2H3;3-10H,11H2,1-2H3,(H,19,20);3-11H,1-2H3;3-7H,1-2H3;1-5H,(H2,10,11)/b;;;;6-5+;. The Morgan fingerprint density at radius 2 is 0.780 bits per heavy atom. The Labute approximate surface area is 805 Å². The highest BCUT2D eigenvalue weighted by Crippen LogP contribution is 2.38. The number of fused-ring (bicyclic) bond motifs is 5. The van der Waals surface area contributed by atoms with Crippen molar-refractivity contribution >= 4 is 124 Å². The highest BCUT2D eigenvalue weighted by molar-refractivity contribution is 5.97. The number of nitrogens with two attached hydrogens (primary N) is 1. The number of nitriles is 1. The van der Waals surface area contributed by atoms with Gasteiger partial charge in [-0.3, -0.25) is 66.1 Å². The van der Waals surface area contributed by atoms with Gasteiger partial charge in [0.2, 0.25) is 0 Å². The molecular formula is C101H94N18O22. The van der Waals surface area contributed by atoms with Gasteiger partial charge < -0.3 is 72.8 Å². The van der Waals surface area contributed by atoms with E-state index in [1.165, 1.54) is 79.0 Å². The van der Waals surface area contributed by atoms with Crippen LogP contribution in [0.4, 0.5) is 57.4 Å². The zero-order valence-corrected chi connectivity index (χ0v) is 78.2. The first-order valence-electron chi connectivity index (χ1n) is 42.3. The Balaban J connectivity index is 0.000000166. The molecule has 0 spiro atoms. The Kier molecular flexibility index (Phi) is 35.3.